The number of aryl methyl sites for hydroxylation is 1. The number of carbonyl (C=O) groups is 3. The highest BCUT2D eigenvalue weighted by molar-refractivity contribution is 5.95. The van der Waals surface area contributed by atoms with Gasteiger partial charge in [0.15, 0.2) is 0 Å². The lowest BCUT2D eigenvalue weighted by Gasteiger charge is -2.12. The van der Waals surface area contributed by atoms with Gasteiger partial charge in [-0.05, 0) is 31.3 Å². The number of carbonyl (C=O) groups excluding carboxylic acids is 3. The van der Waals surface area contributed by atoms with Crippen LogP contribution in [0.3, 0.4) is 0 Å². The third-order valence-electron chi connectivity index (χ3n) is 6.50. The van der Waals surface area contributed by atoms with E-state index in [9.17, 15) is 58.3 Å². The molecular formula is C29H19F10N3O5. The maximum absolute atomic E-state index is 13.9. The summed E-state index contributed by atoms with van der Waals surface area (Å²) in [6, 6.07) is 6.01. The van der Waals surface area contributed by atoms with Crippen molar-refractivity contribution in [1.82, 2.24) is 9.88 Å². The van der Waals surface area contributed by atoms with E-state index in [0.717, 1.165) is 0 Å². The van der Waals surface area contributed by atoms with Crippen LogP contribution in [0.2, 0.25) is 0 Å². The first kappa shape index (κ1) is 34.7. The van der Waals surface area contributed by atoms with E-state index in [-0.39, 0.29) is 18.8 Å². The Morgan fingerprint density at radius 3 is 1.60 bits per heavy atom. The van der Waals surface area contributed by atoms with Gasteiger partial charge in [-0.3, -0.25) is 14.4 Å². The highest BCUT2D eigenvalue weighted by Gasteiger charge is 2.30. The zero-order valence-corrected chi connectivity index (χ0v) is 23.6. The predicted molar refractivity (Wildman–Crippen MR) is 141 cm³/mol. The zero-order valence-electron chi connectivity index (χ0n) is 23.6. The van der Waals surface area contributed by atoms with E-state index >= 15 is 0 Å². The number of halogens is 10. The minimum atomic E-state index is -2.45. The van der Waals surface area contributed by atoms with Gasteiger partial charge in [0.2, 0.25) is 75.6 Å². The molecule has 1 aromatic heterocycles. The molecule has 4 rings (SSSR count). The second-order valence-electron chi connectivity index (χ2n) is 9.64. The highest BCUT2D eigenvalue weighted by Crippen LogP contribution is 2.31. The number of hydrogen-bond acceptors (Lipinski definition) is 6. The van der Waals surface area contributed by atoms with Crippen molar-refractivity contribution in [3.63, 3.8) is 0 Å². The topological polar surface area (TPSA) is 98.7 Å². The van der Waals surface area contributed by atoms with Crippen molar-refractivity contribution in [3.05, 3.63) is 88.1 Å². The molecule has 0 atom stereocenters. The van der Waals surface area contributed by atoms with Gasteiger partial charge in [0, 0.05) is 41.8 Å². The number of nitrogens with one attached hydrogen (secondary N) is 2. The van der Waals surface area contributed by atoms with Gasteiger partial charge >= 0.3 is 11.9 Å². The van der Waals surface area contributed by atoms with Crippen LogP contribution in [0.5, 0.6) is 11.5 Å². The van der Waals surface area contributed by atoms with E-state index in [2.05, 4.69) is 20.1 Å². The fourth-order valence-corrected chi connectivity index (χ4v) is 4.32. The van der Waals surface area contributed by atoms with Crippen LogP contribution in [0.25, 0.3) is 10.9 Å². The van der Waals surface area contributed by atoms with Gasteiger partial charge < -0.3 is 24.7 Å². The van der Waals surface area contributed by atoms with Crippen LogP contribution in [0.4, 0.5) is 49.6 Å². The van der Waals surface area contributed by atoms with Crippen molar-refractivity contribution in [2.75, 3.05) is 12.4 Å². The number of esters is 2. The molecule has 0 saturated heterocycles. The number of hydrogen-bond donors (Lipinski definition) is 2. The van der Waals surface area contributed by atoms with Gasteiger partial charge in [-0.15, -0.1) is 0 Å². The van der Waals surface area contributed by atoms with E-state index in [1.54, 1.807) is 17.7 Å². The molecule has 0 spiro atoms. The van der Waals surface area contributed by atoms with Crippen LogP contribution in [0.1, 0.15) is 25.0 Å². The summed E-state index contributed by atoms with van der Waals surface area (Å²) < 4.78 is 145. The first-order valence-corrected chi connectivity index (χ1v) is 13.2. The molecule has 18 heteroatoms. The second-order valence-corrected chi connectivity index (χ2v) is 9.64. The van der Waals surface area contributed by atoms with Crippen molar-refractivity contribution in [2.45, 2.75) is 32.4 Å². The van der Waals surface area contributed by atoms with E-state index < -0.39 is 107 Å². The van der Waals surface area contributed by atoms with Crippen LogP contribution in [-0.2, 0) is 27.5 Å². The lowest BCUT2D eigenvalue weighted by atomic mass is 10.2. The van der Waals surface area contributed by atoms with E-state index in [1.165, 1.54) is 18.2 Å². The molecule has 0 radical (unpaired) electrons. The van der Waals surface area contributed by atoms with Crippen molar-refractivity contribution in [2.24, 2.45) is 0 Å². The standard InChI is InChI=1S/C29H19F10N3O5/c1-40-10-13-9-11-8-12(41-15(43)4-5-16(44)46-28-24(36)20(32)18(30)21(33)25(28)37)2-3-14(11)42(13)7-6-17(45)47-29-26(38)22(34)19(31)23(35)27(29)39/h2-3,8-9,40H,4-7,10H2,1H3,(H,41,43). The SMILES string of the molecule is CNCc1cc2cc(NC(=O)CCC(=O)Oc3c(F)c(F)c(F)c(F)c3F)ccc2n1CCC(=O)Oc1c(F)c(F)c(F)c(F)c1F. The summed E-state index contributed by atoms with van der Waals surface area (Å²) in [7, 11) is 1.60. The minimum Gasteiger partial charge on any atom is -0.420 e. The summed E-state index contributed by atoms with van der Waals surface area (Å²) in [4.78, 5) is 36.6. The van der Waals surface area contributed by atoms with Crippen molar-refractivity contribution in [1.29, 1.82) is 0 Å². The fourth-order valence-electron chi connectivity index (χ4n) is 4.32. The number of ether oxygens (including phenoxy) is 2. The van der Waals surface area contributed by atoms with Crippen LogP contribution in [0, 0.1) is 58.2 Å². The molecule has 0 saturated carbocycles. The van der Waals surface area contributed by atoms with Crippen LogP contribution >= 0.6 is 0 Å². The zero-order chi connectivity index (χ0) is 34.7. The maximum Gasteiger partial charge on any atom is 0.313 e. The summed E-state index contributed by atoms with van der Waals surface area (Å²) in [6.07, 6.45) is -2.00. The third-order valence-corrected chi connectivity index (χ3v) is 6.50. The van der Waals surface area contributed by atoms with Crippen LogP contribution in [-0.4, -0.2) is 29.5 Å². The number of nitrogens with zero attached hydrogens (tertiary/aromatic N) is 1. The van der Waals surface area contributed by atoms with Crippen LogP contribution in [0.15, 0.2) is 24.3 Å². The van der Waals surface area contributed by atoms with Crippen molar-refractivity contribution in [3.8, 4) is 11.5 Å². The highest BCUT2D eigenvalue weighted by atomic mass is 19.2. The number of benzene rings is 3. The molecule has 3 aromatic carbocycles. The summed E-state index contributed by atoms with van der Waals surface area (Å²) in [5.41, 5.74) is 1.23. The molecule has 0 fully saturated rings. The average Bonchev–Trinajstić information content (AvgIpc) is 3.39. The van der Waals surface area contributed by atoms with Gasteiger partial charge in [0.25, 0.3) is 0 Å². The van der Waals surface area contributed by atoms with E-state index in [4.69, 9.17) is 0 Å². The Morgan fingerprint density at radius 2 is 1.11 bits per heavy atom. The Bertz CT molecular complexity index is 1860. The predicted octanol–water partition coefficient (Wildman–Crippen LogP) is 6.07. The summed E-state index contributed by atoms with van der Waals surface area (Å²) in [5, 5.41) is 5.81. The maximum atomic E-state index is 13.9. The molecule has 0 aliphatic heterocycles. The normalized spacial score (nSPS) is 11.2. The molecule has 4 aromatic rings. The average molecular weight is 679 g/mol. The third kappa shape index (κ3) is 7.16. The first-order chi connectivity index (χ1) is 22.2. The number of fused-ring (bicyclic) bond motifs is 1. The molecule has 0 aliphatic rings. The molecule has 8 nitrogen and oxygen atoms in total. The van der Waals surface area contributed by atoms with Gasteiger partial charge in [-0.1, -0.05) is 0 Å². The molecule has 0 unspecified atom stereocenters. The molecule has 47 heavy (non-hydrogen) atoms. The number of amides is 1. The molecule has 0 bridgehead atoms. The smallest absolute Gasteiger partial charge is 0.313 e. The van der Waals surface area contributed by atoms with Gasteiger partial charge in [-0.25, -0.2) is 26.3 Å². The molecule has 0 aliphatic carbocycles. The van der Waals surface area contributed by atoms with E-state index in [0.29, 0.717) is 16.6 Å². The Morgan fingerprint density at radius 1 is 0.638 bits per heavy atom. The Kier molecular flexibility index (Phi) is 10.4. The number of aromatic nitrogens is 1. The Hall–Kier alpha value is -5.13. The lowest BCUT2D eigenvalue weighted by molar-refractivity contribution is -0.136. The Balaban J connectivity index is 1.41. The van der Waals surface area contributed by atoms with Gasteiger partial charge in [-0.2, -0.15) is 17.6 Å². The second kappa shape index (κ2) is 14.1. The molecule has 2 N–H and O–H groups in total. The van der Waals surface area contributed by atoms with Gasteiger partial charge in [0.1, 0.15) is 0 Å². The quantitative estimate of drug-likeness (QED) is 0.0657. The van der Waals surface area contributed by atoms with Gasteiger partial charge in [0.05, 0.1) is 12.8 Å². The summed E-state index contributed by atoms with van der Waals surface area (Å²) in [6.45, 7) is 0.0554. The minimum absolute atomic E-state index is 0.175. The molecule has 250 valence electrons. The molecule has 1 heterocycles. The number of anilines is 1. The monoisotopic (exact) mass is 679 g/mol. The molecular weight excluding hydrogens is 660 g/mol. The van der Waals surface area contributed by atoms with E-state index in [1.807, 2.05) is 0 Å². The first-order valence-electron chi connectivity index (χ1n) is 13.2. The lowest BCUT2D eigenvalue weighted by Crippen LogP contribution is -2.18. The number of rotatable bonds is 11. The van der Waals surface area contributed by atoms with Crippen molar-refractivity contribution >= 4 is 34.4 Å². The van der Waals surface area contributed by atoms with Crippen molar-refractivity contribution < 1.29 is 67.8 Å². The summed E-state index contributed by atoms with van der Waals surface area (Å²) >= 11 is 0. The Labute approximate surface area is 256 Å². The van der Waals surface area contributed by atoms with Crippen LogP contribution < -0.4 is 20.1 Å². The summed E-state index contributed by atoms with van der Waals surface area (Å²) in [5.74, 6) is -30.6. The fraction of sp³-hybridized carbons (Fsp3) is 0.207. The molecule has 1 amide bonds. The largest absolute Gasteiger partial charge is 0.420 e.